The van der Waals surface area contributed by atoms with E-state index >= 15 is 0 Å². The molecule has 0 radical (unpaired) electrons. The van der Waals surface area contributed by atoms with Gasteiger partial charge in [-0.25, -0.2) is 4.39 Å². The van der Waals surface area contributed by atoms with E-state index in [2.05, 4.69) is 15.3 Å². The van der Waals surface area contributed by atoms with E-state index < -0.39 is 5.82 Å². The van der Waals surface area contributed by atoms with Gasteiger partial charge in [0.25, 0.3) is 0 Å². The molecule has 0 saturated heterocycles. The zero-order chi connectivity index (χ0) is 13.9. The quantitative estimate of drug-likeness (QED) is 0.767. The molecule has 100 valence electrons. The summed E-state index contributed by atoms with van der Waals surface area (Å²) in [5, 5.41) is 12.3. The molecule has 0 saturated carbocycles. The molecule has 0 unspecified atom stereocenters. The van der Waals surface area contributed by atoms with Crippen LogP contribution >= 0.6 is 0 Å². The molecule has 0 aliphatic rings. The van der Waals surface area contributed by atoms with Crippen LogP contribution in [0.25, 0.3) is 11.0 Å². The van der Waals surface area contributed by atoms with E-state index in [1.54, 1.807) is 18.5 Å². The SMILES string of the molecule is Oc1ccc(CNc2ccc3nccnc3c2)cc1F. The number of phenolic OH excluding ortho intramolecular Hbond substituents is 1. The van der Waals surface area contributed by atoms with E-state index in [0.29, 0.717) is 6.54 Å². The van der Waals surface area contributed by atoms with Crippen LogP contribution in [-0.4, -0.2) is 15.1 Å². The first-order valence-corrected chi connectivity index (χ1v) is 6.14. The van der Waals surface area contributed by atoms with Crippen molar-refractivity contribution in [3.8, 4) is 5.75 Å². The monoisotopic (exact) mass is 269 g/mol. The van der Waals surface area contributed by atoms with E-state index in [4.69, 9.17) is 5.11 Å². The number of hydrogen-bond donors (Lipinski definition) is 2. The van der Waals surface area contributed by atoms with Crippen molar-refractivity contribution in [3.63, 3.8) is 0 Å². The number of phenols is 1. The van der Waals surface area contributed by atoms with Gasteiger partial charge in [-0.15, -0.1) is 0 Å². The van der Waals surface area contributed by atoms with Crippen molar-refractivity contribution in [2.75, 3.05) is 5.32 Å². The number of aromatic hydroxyl groups is 1. The fourth-order valence-corrected chi connectivity index (χ4v) is 1.94. The van der Waals surface area contributed by atoms with E-state index in [9.17, 15) is 4.39 Å². The van der Waals surface area contributed by atoms with Crippen LogP contribution in [0.15, 0.2) is 48.8 Å². The largest absolute Gasteiger partial charge is 0.505 e. The van der Waals surface area contributed by atoms with Crippen molar-refractivity contribution in [2.45, 2.75) is 6.54 Å². The molecule has 5 heteroatoms. The molecule has 4 nitrogen and oxygen atoms in total. The van der Waals surface area contributed by atoms with Crippen LogP contribution in [0.4, 0.5) is 10.1 Å². The molecule has 20 heavy (non-hydrogen) atoms. The molecule has 0 bridgehead atoms. The number of halogens is 1. The highest BCUT2D eigenvalue weighted by molar-refractivity contribution is 5.78. The van der Waals surface area contributed by atoms with Gasteiger partial charge in [-0.05, 0) is 35.9 Å². The summed E-state index contributed by atoms with van der Waals surface area (Å²) >= 11 is 0. The van der Waals surface area contributed by atoms with Crippen LogP contribution in [0.2, 0.25) is 0 Å². The second-order valence-electron chi connectivity index (χ2n) is 4.40. The first-order chi connectivity index (χ1) is 9.72. The van der Waals surface area contributed by atoms with E-state index in [1.807, 2.05) is 18.2 Å². The highest BCUT2D eigenvalue weighted by atomic mass is 19.1. The van der Waals surface area contributed by atoms with Gasteiger partial charge in [0.1, 0.15) is 0 Å². The van der Waals surface area contributed by atoms with E-state index in [-0.39, 0.29) is 5.75 Å². The van der Waals surface area contributed by atoms with Crippen LogP contribution in [-0.2, 0) is 6.54 Å². The number of hydrogen-bond acceptors (Lipinski definition) is 4. The fourth-order valence-electron chi connectivity index (χ4n) is 1.94. The topological polar surface area (TPSA) is 58.0 Å². The van der Waals surface area contributed by atoms with Crippen molar-refractivity contribution >= 4 is 16.7 Å². The molecule has 0 amide bonds. The summed E-state index contributed by atoms with van der Waals surface area (Å²) in [6.45, 7) is 0.461. The Kier molecular flexibility index (Phi) is 3.16. The summed E-state index contributed by atoms with van der Waals surface area (Å²) in [6, 6.07) is 9.99. The number of nitrogens with one attached hydrogen (secondary N) is 1. The molecule has 2 aromatic carbocycles. The molecule has 1 aromatic heterocycles. The third-order valence-electron chi connectivity index (χ3n) is 2.98. The number of benzene rings is 2. The maximum atomic E-state index is 13.2. The predicted molar refractivity (Wildman–Crippen MR) is 74.9 cm³/mol. The second kappa shape index (κ2) is 5.13. The van der Waals surface area contributed by atoms with Crippen LogP contribution in [0.3, 0.4) is 0 Å². The van der Waals surface area contributed by atoms with Gasteiger partial charge in [0.2, 0.25) is 0 Å². The summed E-state index contributed by atoms with van der Waals surface area (Å²) in [6.07, 6.45) is 3.29. The number of anilines is 1. The molecule has 3 aromatic rings. The first kappa shape index (κ1) is 12.3. The Morgan fingerprint density at radius 2 is 1.80 bits per heavy atom. The summed E-state index contributed by atoms with van der Waals surface area (Å²) in [7, 11) is 0. The lowest BCUT2D eigenvalue weighted by molar-refractivity contribution is 0.432. The lowest BCUT2D eigenvalue weighted by atomic mass is 10.2. The predicted octanol–water partition coefficient (Wildman–Crippen LogP) is 3.09. The number of nitrogens with zero attached hydrogens (tertiary/aromatic N) is 2. The highest BCUT2D eigenvalue weighted by Gasteiger charge is 2.02. The Bertz CT molecular complexity index is 761. The van der Waals surface area contributed by atoms with Crippen molar-refractivity contribution in [1.82, 2.24) is 9.97 Å². The van der Waals surface area contributed by atoms with Crippen LogP contribution in [0.5, 0.6) is 5.75 Å². The highest BCUT2D eigenvalue weighted by Crippen LogP contribution is 2.19. The minimum atomic E-state index is -0.617. The normalized spacial score (nSPS) is 10.7. The van der Waals surface area contributed by atoms with Crippen molar-refractivity contribution < 1.29 is 9.50 Å². The van der Waals surface area contributed by atoms with Crippen LogP contribution in [0.1, 0.15) is 5.56 Å². The lowest BCUT2D eigenvalue weighted by Gasteiger charge is -2.07. The van der Waals surface area contributed by atoms with E-state index in [1.165, 1.54) is 12.1 Å². The number of rotatable bonds is 3. The van der Waals surface area contributed by atoms with Gasteiger partial charge in [0.05, 0.1) is 11.0 Å². The van der Waals surface area contributed by atoms with Crippen LogP contribution in [0, 0.1) is 5.82 Å². The molecular weight excluding hydrogens is 257 g/mol. The first-order valence-electron chi connectivity index (χ1n) is 6.14. The van der Waals surface area contributed by atoms with Gasteiger partial charge in [0.15, 0.2) is 11.6 Å². The fraction of sp³-hybridized carbons (Fsp3) is 0.0667. The van der Waals surface area contributed by atoms with Gasteiger partial charge in [-0.2, -0.15) is 0 Å². The molecule has 0 aliphatic carbocycles. The standard InChI is InChI=1S/C15H12FN3O/c16-12-7-10(1-4-15(12)20)9-19-11-2-3-13-14(8-11)18-6-5-17-13/h1-8,19-20H,9H2. The number of aromatic nitrogens is 2. The van der Waals surface area contributed by atoms with Gasteiger partial charge < -0.3 is 10.4 Å². The summed E-state index contributed by atoms with van der Waals surface area (Å²) in [4.78, 5) is 8.42. The summed E-state index contributed by atoms with van der Waals surface area (Å²) in [5.41, 5.74) is 3.26. The van der Waals surface area contributed by atoms with Crippen molar-refractivity contribution in [2.24, 2.45) is 0 Å². The molecule has 0 spiro atoms. The van der Waals surface area contributed by atoms with Crippen molar-refractivity contribution in [1.29, 1.82) is 0 Å². The maximum Gasteiger partial charge on any atom is 0.165 e. The Hall–Kier alpha value is -2.69. The lowest BCUT2D eigenvalue weighted by Crippen LogP contribution is -2.00. The third kappa shape index (κ3) is 2.51. The molecule has 1 heterocycles. The Balaban J connectivity index is 1.77. The maximum absolute atomic E-state index is 13.2. The summed E-state index contributed by atoms with van der Waals surface area (Å²) < 4.78 is 13.2. The second-order valence-corrected chi connectivity index (χ2v) is 4.40. The van der Waals surface area contributed by atoms with Gasteiger partial charge in [0, 0.05) is 24.6 Å². The average Bonchev–Trinajstić information content (AvgIpc) is 2.48. The summed E-state index contributed by atoms with van der Waals surface area (Å²) in [5.74, 6) is -0.955. The molecular formula is C15H12FN3O. The molecule has 3 rings (SSSR count). The zero-order valence-corrected chi connectivity index (χ0v) is 10.5. The minimum absolute atomic E-state index is 0.338. The zero-order valence-electron chi connectivity index (χ0n) is 10.5. The minimum Gasteiger partial charge on any atom is -0.505 e. The van der Waals surface area contributed by atoms with E-state index in [0.717, 1.165) is 22.3 Å². The van der Waals surface area contributed by atoms with Gasteiger partial charge in [-0.1, -0.05) is 6.07 Å². The van der Waals surface area contributed by atoms with Gasteiger partial charge in [-0.3, -0.25) is 9.97 Å². The molecule has 2 N–H and O–H groups in total. The molecule has 0 fully saturated rings. The van der Waals surface area contributed by atoms with Crippen molar-refractivity contribution in [3.05, 3.63) is 60.2 Å². The Morgan fingerprint density at radius 3 is 2.60 bits per heavy atom. The average molecular weight is 269 g/mol. The third-order valence-corrected chi connectivity index (χ3v) is 2.98. The van der Waals surface area contributed by atoms with Gasteiger partial charge >= 0.3 is 0 Å². The number of fused-ring (bicyclic) bond motifs is 1. The molecule has 0 atom stereocenters. The Morgan fingerprint density at radius 1 is 1.00 bits per heavy atom. The molecule has 0 aliphatic heterocycles. The Labute approximate surface area is 114 Å². The smallest absolute Gasteiger partial charge is 0.165 e. The van der Waals surface area contributed by atoms with Crippen LogP contribution < -0.4 is 5.32 Å².